The number of para-hydroxylation sites is 1. The van der Waals surface area contributed by atoms with E-state index in [-0.39, 0.29) is 11.4 Å². The van der Waals surface area contributed by atoms with Gasteiger partial charge in [0, 0.05) is 12.4 Å². The summed E-state index contributed by atoms with van der Waals surface area (Å²) in [6.45, 7) is 0. The van der Waals surface area contributed by atoms with Gasteiger partial charge in [0.2, 0.25) is 0 Å². The highest BCUT2D eigenvalue weighted by atomic mass is 16.4. The van der Waals surface area contributed by atoms with Crippen molar-refractivity contribution in [2.75, 3.05) is 0 Å². The lowest BCUT2D eigenvalue weighted by molar-refractivity contribution is 0.0691. The highest BCUT2D eigenvalue weighted by Crippen LogP contribution is 2.25. The molecule has 0 bridgehead atoms. The highest BCUT2D eigenvalue weighted by molar-refractivity contribution is 6.02. The summed E-state index contributed by atoms with van der Waals surface area (Å²) in [6, 6.07) is 4.70. The zero-order chi connectivity index (χ0) is 10.3. The van der Waals surface area contributed by atoms with Gasteiger partial charge >= 0.3 is 5.97 Å². The van der Waals surface area contributed by atoms with Crippen molar-refractivity contribution in [3.8, 4) is 5.75 Å². The smallest absolute Gasteiger partial charge is 0.357 e. The first-order valence-electron chi connectivity index (χ1n) is 3.99. The first-order valence-corrected chi connectivity index (χ1v) is 3.99. The van der Waals surface area contributed by atoms with Crippen LogP contribution in [0.25, 0.3) is 10.9 Å². The average molecular weight is 192 g/mol. The second-order valence-electron chi connectivity index (χ2n) is 2.95. The number of aryl methyl sites for hydroxylation is 1. The molecule has 0 saturated carbocycles. The topological polar surface area (TPSA) is 75.4 Å². The number of carboxylic acids is 1. The summed E-state index contributed by atoms with van der Waals surface area (Å²) in [4.78, 5) is 10.8. The molecule has 14 heavy (non-hydrogen) atoms. The van der Waals surface area contributed by atoms with Crippen LogP contribution in [0.15, 0.2) is 18.2 Å². The fraction of sp³-hybridized carbons (Fsp3) is 0.111. The molecule has 2 rings (SSSR count). The number of aromatic hydroxyl groups is 1. The first-order chi connectivity index (χ1) is 6.61. The molecule has 0 saturated heterocycles. The van der Waals surface area contributed by atoms with Gasteiger partial charge in [0.15, 0.2) is 5.69 Å². The fourth-order valence-corrected chi connectivity index (χ4v) is 1.47. The number of phenols is 1. The van der Waals surface area contributed by atoms with E-state index in [9.17, 15) is 9.90 Å². The highest BCUT2D eigenvalue weighted by Gasteiger charge is 2.16. The average Bonchev–Trinajstić information content (AvgIpc) is 2.45. The van der Waals surface area contributed by atoms with Gasteiger partial charge in [-0.15, -0.1) is 0 Å². The number of aromatic carboxylic acids is 1. The molecule has 1 aromatic heterocycles. The van der Waals surface area contributed by atoms with Crippen molar-refractivity contribution in [2.24, 2.45) is 7.05 Å². The summed E-state index contributed by atoms with van der Waals surface area (Å²) in [7, 11) is 1.59. The molecule has 1 heterocycles. The second kappa shape index (κ2) is 2.73. The minimum absolute atomic E-state index is 0.0324. The van der Waals surface area contributed by atoms with Gasteiger partial charge in [-0.3, -0.25) is 4.68 Å². The number of carboxylic acid groups (broad SMARTS) is 1. The van der Waals surface area contributed by atoms with E-state index in [1.165, 1.54) is 10.7 Å². The van der Waals surface area contributed by atoms with Crippen LogP contribution in [-0.4, -0.2) is 26.0 Å². The van der Waals surface area contributed by atoms with E-state index in [0.717, 1.165) is 0 Å². The normalized spacial score (nSPS) is 10.6. The third-order valence-corrected chi connectivity index (χ3v) is 2.05. The molecule has 5 heteroatoms. The number of nitrogens with zero attached hydrogens (tertiary/aromatic N) is 2. The van der Waals surface area contributed by atoms with Crippen molar-refractivity contribution >= 4 is 16.9 Å². The number of phenolic OH excluding ortho intramolecular Hbond substituents is 1. The number of fused-ring (bicyclic) bond motifs is 1. The van der Waals surface area contributed by atoms with Crippen LogP contribution < -0.4 is 0 Å². The van der Waals surface area contributed by atoms with Gasteiger partial charge in [0.05, 0.1) is 0 Å². The van der Waals surface area contributed by atoms with Gasteiger partial charge in [-0.2, -0.15) is 5.10 Å². The first kappa shape index (κ1) is 8.55. The minimum atomic E-state index is -1.10. The van der Waals surface area contributed by atoms with Gasteiger partial charge in [0.1, 0.15) is 11.3 Å². The molecule has 0 atom stereocenters. The lowest BCUT2D eigenvalue weighted by Gasteiger charge is -1.95. The Labute approximate surface area is 79.2 Å². The van der Waals surface area contributed by atoms with E-state index in [2.05, 4.69) is 5.10 Å². The predicted octanol–water partition coefficient (Wildman–Crippen LogP) is 0.977. The molecule has 0 fully saturated rings. The van der Waals surface area contributed by atoms with E-state index in [1.807, 2.05) is 0 Å². The lowest BCUT2D eigenvalue weighted by Crippen LogP contribution is -1.99. The SMILES string of the molecule is Cn1nc(C(=O)O)c2cccc(O)c21. The van der Waals surface area contributed by atoms with Gasteiger partial charge < -0.3 is 10.2 Å². The van der Waals surface area contributed by atoms with Crippen LogP contribution in [0.4, 0.5) is 0 Å². The standard InChI is InChI=1S/C9H8N2O3/c1-11-8-5(3-2-4-6(8)12)7(10-11)9(13)14/h2-4,12H,1H3,(H,13,14). The Kier molecular flexibility index (Phi) is 1.67. The Bertz CT molecular complexity index is 516. The maximum atomic E-state index is 10.8. The van der Waals surface area contributed by atoms with Gasteiger partial charge in [-0.25, -0.2) is 4.79 Å². The van der Waals surface area contributed by atoms with Crippen molar-refractivity contribution in [3.05, 3.63) is 23.9 Å². The molecule has 0 aliphatic carbocycles. The molecular weight excluding hydrogens is 184 g/mol. The van der Waals surface area contributed by atoms with Gasteiger partial charge in [-0.1, -0.05) is 12.1 Å². The van der Waals surface area contributed by atoms with Gasteiger partial charge in [0.25, 0.3) is 0 Å². The van der Waals surface area contributed by atoms with Crippen LogP contribution in [0.5, 0.6) is 5.75 Å². The monoisotopic (exact) mass is 192 g/mol. The summed E-state index contributed by atoms with van der Waals surface area (Å²) < 4.78 is 1.36. The van der Waals surface area contributed by atoms with Gasteiger partial charge in [-0.05, 0) is 6.07 Å². The zero-order valence-electron chi connectivity index (χ0n) is 7.43. The largest absolute Gasteiger partial charge is 0.506 e. The fourth-order valence-electron chi connectivity index (χ4n) is 1.47. The van der Waals surface area contributed by atoms with Crippen molar-refractivity contribution in [1.82, 2.24) is 9.78 Å². The molecular formula is C9H8N2O3. The van der Waals surface area contributed by atoms with E-state index < -0.39 is 5.97 Å². The Morgan fingerprint density at radius 2 is 2.21 bits per heavy atom. The molecule has 0 spiro atoms. The number of hydrogen-bond acceptors (Lipinski definition) is 3. The van der Waals surface area contributed by atoms with E-state index in [4.69, 9.17) is 5.11 Å². The number of benzene rings is 1. The van der Waals surface area contributed by atoms with Crippen LogP contribution in [0.3, 0.4) is 0 Å². The Hall–Kier alpha value is -2.04. The second-order valence-corrected chi connectivity index (χ2v) is 2.95. The number of carbonyl (C=O) groups is 1. The molecule has 72 valence electrons. The van der Waals surface area contributed by atoms with Crippen molar-refractivity contribution in [1.29, 1.82) is 0 Å². The summed E-state index contributed by atoms with van der Waals surface area (Å²) in [5, 5.41) is 22.6. The maximum Gasteiger partial charge on any atom is 0.357 e. The third-order valence-electron chi connectivity index (χ3n) is 2.05. The summed E-state index contributed by atoms with van der Waals surface area (Å²) >= 11 is 0. The van der Waals surface area contributed by atoms with Crippen LogP contribution in [0, 0.1) is 0 Å². The number of aromatic nitrogens is 2. The van der Waals surface area contributed by atoms with Crippen molar-refractivity contribution in [3.63, 3.8) is 0 Å². The maximum absolute atomic E-state index is 10.8. The molecule has 0 aliphatic heterocycles. The summed E-state index contributed by atoms with van der Waals surface area (Å²) in [6.07, 6.45) is 0. The van der Waals surface area contributed by atoms with Crippen LogP contribution >= 0.6 is 0 Å². The van der Waals surface area contributed by atoms with Crippen LogP contribution in [-0.2, 0) is 7.05 Å². The Balaban J connectivity index is 2.91. The predicted molar refractivity (Wildman–Crippen MR) is 49.3 cm³/mol. The van der Waals surface area contributed by atoms with Crippen LogP contribution in [0.2, 0.25) is 0 Å². The Morgan fingerprint density at radius 3 is 2.86 bits per heavy atom. The third kappa shape index (κ3) is 1.02. The molecule has 0 aliphatic rings. The Morgan fingerprint density at radius 1 is 1.50 bits per heavy atom. The van der Waals surface area contributed by atoms with E-state index >= 15 is 0 Å². The molecule has 0 amide bonds. The van der Waals surface area contributed by atoms with Crippen molar-refractivity contribution in [2.45, 2.75) is 0 Å². The zero-order valence-corrected chi connectivity index (χ0v) is 7.43. The molecule has 1 aromatic carbocycles. The molecule has 2 N–H and O–H groups in total. The number of hydrogen-bond donors (Lipinski definition) is 2. The van der Waals surface area contributed by atoms with E-state index in [1.54, 1.807) is 19.2 Å². The molecule has 5 nitrogen and oxygen atoms in total. The quantitative estimate of drug-likeness (QED) is 0.706. The minimum Gasteiger partial charge on any atom is -0.506 e. The summed E-state index contributed by atoms with van der Waals surface area (Å²) in [5.41, 5.74) is 0.392. The lowest BCUT2D eigenvalue weighted by atomic mass is 10.2. The molecule has 0 unspecified atom stereocenters. The number of rotatable bonds is 1. The van der Waals surface area contributed by atoms with E-state index in [0.29, 0.717) is 10.9 Å². The molecule has 2 aromatic rings. The van der Waals surface area contributed by atoms with Crippen molar-refractivity contribution < 1.29 is 15.0 Å². The van der Waals surface area contributed by atoms with Crippen LogP contribution in [0.1, 0.15) is 10.5 Å². The summed E-state index contributed by atoms with van der Waals surface area (Å²) in [5.74, 6) is -1.06. The molecule has 0 radical (unpaired) electrons.